The van der Waals surface area contributed by atoms with E-state index in [1.165, 1.54) is 18.1 Å². The predicted octanol–water partition coefficient (Wildman–Crippen LogP) is 3.40. The molecule has 1 heterocycles. The number of nitrogens with zero attached hydrogens (tertiary/aromatic N) is 1. The number of carbonyl (C=O) groups is 3. The SMILES string of the molecule is CCc1cccc(C)c1NC(=O)CN1C(=O)C=C(CC(=O)OC)Nc2ccccc21. The predicted molar refractivity (Wildman–Crippen MR) is 116 cm³/mol. The lowest BCUT2D eigenvalue weighted by molar-refractivity contribution is -0.139. The Hall–Kier alpha value is -3.61. The van der Waals surface area contributed by atoms with Crippen molar-refractivity contribution in [3.63, 3.8) is 0 Å². The van der Waals surface area contributed by atoms with Gasteiger partial charge in [0.05, 0.1) is 24.9 Å². The van der Waals surface area contributed by atoms with E-state index in [0.717, 1.165) is 23.2 Å². The first-order chi connectivity index (χ1) is 14.4. The van der Waals surface area contributed by atoms with Crippen LogP contribution in [0, 0.1) is 6.92 Å². The minimum Gasteiger partial charge on any atom is -0.469 e. The van der Waals surface area contributed by atoms with Crippen molar-refractivity contribution in [3.8, 4) is 0 Å². The summed E-state index contributed by atoms with van der Waals surface area (Å²) in [4.78, 5) is 38.8. The molecule has 0 saturated heterocycles. The summed E-state index contributed by atoms with van der Waals surface area (Å²) in [5.41, 5.74) is 4.39. The topological polar surface area (TPSA) is 87.7 Å². The van der Waals surface area contributed by atoms with Gasteiger partial charge in [0.25, 0.3) is 5.91 Å². The lowest BCUT2D eigenvalue weighted by atomic mass is 10.1. The average Bonchev–Trinajstić information content (AvgIpc) is 2.85. The Morgan fingerprint density at radius 1 is 1.13 bits per heavy atom. The molecule has 0 saturated carbocycles. The number of esters is 1. The van der Waals surface area contributed by atoms with E-state index in [9.17, 15) is 14.4 Å². The molecule has 1 aliphatic rings. The Morgan fingerprint density at radius 3 is 2.63 bits per heavy atom. The van der Waals surface area contributed by atoms with Gasteiger partial charge < -0.3 is 15.4 Å². The molecule has 0 atom stereocenters. The Bertz CT molecular complexity index is 1010. The molecule has 0 aromatic heterocycles. The van der Waals surface area contributed by atoms with Gasteiger partial charge in [-0.15, -0.1) is 0 Å². The minimum absolute atomic E-state index is 0.0698. The molecule has 0 bridgehead atoms. The summed E-state index contributed by atoms with van der Waals surface area (Å²) in [7, 11) is 1.29. The number of para-hydroxylation sites is 3. The van der Waals surface area contributed by atoms with Crippen molar-refractivity contribution >= 4 is 34.8 Å². The van der Waals surface area contributed by atoms with Crippen LogP contribution in [0.3, 0.4) is 0 Å². The molecule has 7 heteroatoms. The summed E-state index contributed by atoms with van der Waals surface area (Å²) in [5, 5.41) is 6.05. The smallest absolute Gasteiger partial charge is 0.311 e. The molecule has 0 fully saturated rings. The number of amides is 2. The lowest BCUT2D eigenvalue weighted by Gasteiger charge is -2.22. The van der Waals surface area contributed by atoms with Crippen LogP contribution in [0.4, 0.5) is 17.1 Å². The highest BCUT2D eigenvalue weighted by Crippen LogP contribution is 2.30. The van der Waals surface area contributed by atoms with Gasteiger partial charge in [0.15, 0.2) is 0 Å². The fourth-order valence-electron chi connectivity index (χ4n) is 3.38. The van der Waals surface area contributed by atoms with Crippen molar-refractivity contribution in [2.75, 3.05) is 29.2 Å². The van der Waals surface area contributed by atoms with E-state index in [0.29, 0.717) is 17.1 Å². The zero-order chi connectivity index (χ0) is 21.7. The standard InChI is InChI=1S/C23H25N3O4/c1-4-16-9-7-8-15(2)23(16)25-20(27)14-26-19-11-6-5-10-18(19)24-17(12-21(26)28)13-22(29)30-3/h5-12,24H,4,13-14H2,1-3H3,(H,25,27). The molecule has 156 valence electrons. The lowest BCUT2D eigenvalue weighted by Crippen LogP contribution is -2.37. The van der Waals surface area contributed by atoms with Gasteiger partial charge in [0, 0.05) is 17.5 Å². The molecule has 0 aliphatic carbocycles. The van der Waals surface area contributed by atoms with Crippen LogP contribution in [0.2, 0.25) is 0 Å². The Balaban J connectivity index is 1.87. The number of ether oxygens (including phenoxy) is 1. The van der Waals surface area contributed by atoms with Crippen LogP contribution in [0.5, 0.6) is 0 Å². The molecule has 2 N–H and O–H groups in total. The molecule has 7 nitrogen and oxygen atoms in total. The highest BCUT2D eigenvalue weighted by atomic mass is 16.5. The van der Waals surface area contributed by atoms with Crippen molar-refractivity contribution in [2.45, 2.75) is 26.7 Å². The van der Waals surface area contributed by atoms with Gasteiger partial charge in [-0.25, -0.2) is 0 Å². The second kappa shape index (κ2) is 9.26. The molecule has 2 amide bonds. The number of rotatable bonds is 6. The number of methoxy groups -OCH3 is 1. The van der Waals surface area contributed by atoms with Gasteiger partial charge in [-0.1, -0.05) is 37.3 Å². The zero-order valence-electron chi connectivity index (χ0n) is 17.3. The highest BCUT2D eigenvalue weighted by Gasteiger charge is 2.25. The first kappa shape index (κ1) is 21.1. The second-order valence-electron chi connectivity index (χ2n) is 7.00. The number of fused-ring (bicyclic) bond motifs is 1. The summed E-state index contributed by atoms with van der Waals surface area (Å²) >= 11 is 0. The first-order valence-corrected chi connectivity index (χ1v) is 9.76. The monoisotopic (exact) mass is 407 g/mol. The van der Waals surface area contributed by atoms with Gasteiger partial charge in [-0.3, -0.25) is 19.3 Å². The van der Waals surface area contributed by atoms with Crippen LogP contribution in [-0.4, -0.2) is 31.4 Å². The van der Waals surface area contributed by atoms with Crippen molar-refractivity contribution in [2.24, 2.45) is 0 Å². The zero-order valence-corrected chi connectivity index (χ0v) is 17.3. The van der Waals surface area contributed by atoms with Crippen LogP contribution in [0.15, 0.2) is 54.2 Å². The van der Waals surface area contributed by atoms with Crippen molar-refractivity contribution in [1.82, 2.24) is 0 Å². The normalized spacial score (nSPS) is 13.0. The number of carbonyl (C=O) groups excluding carboxylic acids is 3. The summed E-state index contributed by atoms with van der Waals surface area (Å²) in [6.07, 6.45) is 2.04. The number of anilines is 3. The molecular weight excluding hydrogens is 382 g/mol. The van der Waals surface area contributed by atoms with E-state index >= 15 is 0 Å². The number of hydrogen-bond acceptors (Lipinski definition) is 5. The molecule has 0 unspecified atom stereocenters. The van der Waals surface area contributed by atoms with Crippen LogP contribution < -0.4 is 15.5 Å². The summed E-state index contributed by atoms with van der Waals surface area (Å²) in [6.45, 7) is 3.81. The van der Waals surface area contributed by atoms with Crippen LogP contribution >= 0.6 is 0 Å². The Kier molecular flexibility index (Phi) is 6.51. The van der Waals surface area contributed by atoms with Crippen LogP contribution in [-0.2, 0) is 25.5 Å². The fourth-order valence-corrected chi connectivity index (χ4v) is 3.38. The second-order valence-corrected chi connectivity index (χ2v) is 7.00. The van der Waals surface area contributed by atoms with Gasteiger partial charge in [0.2, 0.25) is 5.91 Å². The van der Waals surface area contributed by atoms with Crippen molar-refractivity contribution < 1.29 is 19.1 Å². The molecular formula is C23H25N3O4. The van der Waals surface area contributed by atoms with E-state index < -0.39 is 5.97 Å². The summed E-state index contributed by atoms with van der Waals surface area (Å²) in [5.74, 6) is -1.15. The molecule has 0 radical (unpaired) electrons. The highest BCUT2D eigenvalue weighted by molar-refractivity contribution is 6.10. The third-order valence-electron chi connectivity index (χ3n) is 4.92. The van der Waals surface area contributed by atoms with Gasteiger partial charge >= 0.3 is 5.97 Å². The number of aryl methyl sites for hydroxylation is 2. The molecule has 30 heavy (non-hydrogen) atoms. The van der Waals surface area contributed by atoms with Gasteiger partial charge in [-0.2, -0.15) is 0 Å². The average molecular weight is 407 g/mol. The summed E-state index contributed by atoms with van der Waals surface area (Å²) < 4.78 is 4.70. The number of nitrogens with one attached hydrogen (secondary N) is 2. The molecule has 3 rings (SSSR count). The maximum absolute atomic E-state index is 12.9. The van der Waals surface area contributed by atoms with E-state index in [1.54, 1.807) is 18.2 Å². The Morgan fingerprint density at radius 2 is 1.90 bits per heavy atom. The van der Waals surface area contributed by atoms with Crippen LogP contribution in [0.25, 0.3) is 0 Å². The fraction of sp³-hybridized carbons (Fsp3) is 0.261. The quantitative estimate of drug-likeness (QED) is 0.717. The molecule has 2 aromatic carbocycles. The Labute approximate surface area is 175 Å². The summed E-state index contributed by atoms with van der Waals surface area (Å²) in [6, 6.07) is 13.0. The van der Waals surface area contributed by atoms with E-state index in [2.05, 4.69) is 10.6 Å². The van der Waals surface area contributed by atoms with E-state index in [1.807, 2.05) is 38.1 Å². The molecule has 0 spiro atoms. The molecule has 2 aromatic rings. The number of benzene rings is 2. The maximum atomic E-state index is 12.9. The van der Waals surface area contributed by atoms with Crippen molar-refractivity contribution in [1.29, 1.82) is 0 Å². The van der Waals surface area contributed by atoms with E-state index in [-0.39, 0.29) is 24.8 Å². The third kappa shape index (κ3) is 4.68. The van der Waals surface area contributed by atoms with Crippen molar-refractivity contribution in [3.05, 3.63) is 65.4 Å². The molecule has 1 aliphatic heterocycles. The maximum Gasteiger partial charge on any atom is 0.311 e. The van der Waals surface area contributed by atoms with Gasteiger partial charge in [0.1, 0.15) is 6.54 Å². The largest absolute Gasteiger partial charge is 0.469 e. The van der Waals surface area contributed by atoms with E-state index in [4.69, 9.17) is 4.74 Å². The third-order valence-corrected chi connectivity index (χ3v) is 4.92. The van der Waals surface area contributed by atoms with Gasteiger partial charge in [-0.05, 0) is 36.6 Å². The first-order valence-electron chi connectivity index (χ1n) is 9.76. The minimum atomic E-state index is -0.461. The van der Waals surface area contributed by atoms with Crippen LogP contribution in [0.1, 0.15) is 24.5 Å². The number of hydrogen-bond donors (Lipinski definition) is 2.